The summed E-state index contributed by atoms with van der Waals surface area (Å²) in [5.74, 6) is -0.934. The van der Waals surface area contributed by atoms with Gasteiger partial charge in [0.1, 0.15) is 5.82 Å². The Kier molecular flexibility index (Phi) is 2.62. The van der Waals surface area contributed by atoms with Gasteiger partial charge < -0.3 is 10.0 Å². The minimum absolute atomic E-state index is 0.164. The number of rotatable bonds is 1. The van der Waals surface area contributed by atoms with Crippen LogP contribution in [0.2, 0.25) is 0 Å². The predicted octanol–water partition coefficient (Wildman–Crippen LogP) is 1.81. The van der Waals surface area contributed by atoms with Gasteiger partial charge in [-0.2, -0.15) is 0 Å². The third-order valence-electron chi connectivity index (χ3n) is 3.65. The number of nitrogens with zero attached hydrogens (tertiary/aromatic N) is 2. The Morgan fingerprint density at radius 2 is 2.05 bits per heavy atom. The predicted molar refractivity (Wildman–Crippen MR) is 70.5 cm³/mol. The summed E-state index contributed by atoms with van der Waals surface area (Å²) >= 11 is 0. The monoisotopic (exact) mass is 272 g/mol. The zero-order valence-electron chi connectivity index (χ0n) is 11.1. The normalized spacial score (nSPS) is 21.2. The van der Waals surface area contributed by atoms with Crippen molar-refractivity contribution >= 4 is 5.91 Å². The molecular formula is C15H13FN2O2. The van der Waals surface area contributed by atoms with Crippen molar-refractivity contribution in [3.05, 3.63) is 64.7 Å². The van der Waals surface area contributed by atoms with Gasteiger partial charge in [-0.1, -0.05) is 12.1 Å². The van der Waals surface area contributed by atoms with Gasteiger partial charge in [-0.25, -0.2) is 4.39 Å². The number of pyridine rings is 1. The Morgan fingerprint density at radius 3 is 2.70 bits per heavy atom. The fourth-order valence-corrected chi connectivity index (χ4v) is 2.49. The van der Waals surface area contributed by atoms with E-state index in [-0.39, 0.29) is 5.56 Å². The maximum absolute atomic E-state index is 13.3. The first kappa shape index (κ1) is 12.7. The summed E-state index contributed by atoms with van der Waals surface area (Å²) < 4.78 is 13.3. The summed E-state index contributed by atoms with van der Waals surface area (Å²) in [4.78, 5) is 17.6. The zero-order valence-corrected chi connectivity index (χ0v) is 11.1. The highest BCUT2D eigenvalue weighted by Gasteiger charge is 2.49. The standard InChI is InChI=1S/C15H13FN2O2/c1-9-3-6-13(17-8-9)15(20)12-5-4-10(16)7-11(12)14(19)18(15)2/h3-8,20H,1-2H3. The Hall–Kier alpha value is -2.27. The first-order valence-corrected chi connectivity index (χ1v) is 6.18. The molecule has 1 amide bonds. The number of aliphatic hydroxyl groups is 1. The van der Waals surface area contributed by atoms with E-state index in [0.29, 0.717) is 11.3 Å². The summed E-state index contributed by atoms with van der Waals surface area (Å²) in [7, 11) is 1.47. The number of halogens is 1. The fraction of sp³-hybridized carbons (Fsp3) is 0.200. The lowest BCUT2D eigenvalue weighted by molar-refractivity contribution is -0.0401. The molecule has 0 bridgehead atoms. The van der Waals surface area contributed by atoms with E-state index in [4.69, 9.17) is 0 Å². The van der Waals surface area contributed by atoms with Crippen LogP contribution in [0, 0.1) is 12.7 Å². The van der Waals surface area contributed by atoms with Crippen molar-refractivity contribution in [2.24, 2.45) is 0 Å². The second-order valence-electron chi connectivity index (χ2n) is 4.95. The third kappa shape index (κ3) is 1.56. The van der Waals surface area contributed by atoms with Crippen LogP contribution in [0.15, 0.2) is 36.5 Å². The minimum atomic E-state index is -1.66. The van der Waals surface area contributed by atoms with Gasteiger partial charge in [0.25, 0.3) is 5.91 Å². The molecule has 0 spiro atoms. The first-order chi connectivity index (χ1) is 9.44. The summed E-state index contributed by atoms with van der Waals surface area (Å²) in [6.07, 6.45) is 1.62. The number of carbonyl (C=O) groups is 1. The second kappa shape index (κ2) is 4.11. The number of aromatic nitrogens is 1. The van der Waals surface area contributed by atoms with Crippen molar-refractivity contribution in [3.8, 4) is 0 Å². The molecule has 5 heteroatoms. The molecule has 1 aliphatic rings. The minimum Gasteiger partial charge on any atom is -0.362 e. The fourth-order valence-electron chi connectivity index (χ4n) is 2.49. The van der Waals surface area contributed by atoms with Gasteiger partial charge >= 0.3 is 0 Å². The van der Waals surface area contributed by atoms with Crippen molar-refractivity contribution in [2.45, 2.75) is 12.6 Å². The van der Waals surface area contributed by atoms with Crippen LogP contribution in [0.4, 0.5) is 4.39 Å². The van der Waals surface area contributed by atoms with Gasteiger partial charge in [0.2, 0.25) is 5.72 Å². The van der Waals surface area contributed by atoms with Crippen LogP contribution in [0.25, 0.3) is 0 Å². The molecule has 0 saturated carbocycles. The van der Waals surface area contributed by atoms with Gasteiger partial charge in [0, 0.05) is 18.8 Å². The number of hydrogen-bond acceptors (Lipinski definition) is 3. The Balaban J connectivity index is 2.24. The highest BCUT2D eigenvalue weighted by atomic mass is 19.1. The van der Waals surface area contributed by atoms with Crippen LogP contribution < -0.4 is 0 Å². The van der Waals surface area contributed by atoms with E-state index in [2.05, 4.69) is 4.98 Å². The van der Waals surface area contributed by atoms with E-state index < -0.39 is 17.4 Å². The molecule has 2 heterocycles. The number of benzene rings is 1. The van der Waals surface area contributed by atoms with Gasteiger partial charge in [-0.05, 0) is 30.7 Å². The highest BCUT2D eigenvalue weighted by Crippen LogP contribution is 2.40. The van der Waals surface area contributed by atoms with E-state index in [1.54, 1.807) is 18.3 Å². The lowest BCUT2D eigenvalue weighted by Crippen LogP contribution is -2.42. The van der Waals surface area contributed by atoms with E-state index in [9.17, 15) is 14.3 Å². The summed E-state index contributed by atoms with van der Waals surface area (Å²) in [6.45, 7) is 1.88. The molecule has 0 saturated heterocycles. The maximum atomic E-state index is 13.3. The Morgan fingerprint density at radius 1 is 1.30 bits per heavy atom. The zero-order chi connectivity index (χ0) is 14.5. The molecule has 1 unspecified atom stereocenters. The molecule has 1 aromatic carbocycles. The summed E-state index contributed by atoms with van der Waals surface area (Å²) in [5, 5.41) is 11.0. The SMILES string of the molecule is Cc1ccc(C2(O)c3ccc(F)cc3C(=O)N2C)nc1. The maximum Gasteiger partial charge on any atom is 0.256 e. The smallest absolute Gasteiger partial charge is 0.256 e. The molecule has 0 aliphatic carbocycles. The van der Waals surface area contributed by atoms with Crippen molar-refractivity contribution < 1.29 is 14.3 Å². The molecular weight excluding hydrogens is 259 g/mol. The van der Waals surface area contributed by atoms with Gasteiger partial charge in [-0.15, -0.1) is 0 Å². The van der Waals surface area contributed by atoms with Crippen LogP contribution in [-0.4, -0.2) is 27.9 Å². The van der Waals surface area contributed by atoms with Crippen LogP contribution in [0.1, 0.15) is 27.2 Å². The largest absolute Gasteiger partial charge is 0.362 e. The third-order valence-corrected chi connectivity index (χ3v) is 3.65. The van der Waals surface area contributed by atoms with Crippen LogP contribution in [0.3, 0.4) is 0 Å². The molecule has 3 rings (SSSR count). The number of hydrogen-bond donors (Lipinski definition) is 1. The second-order valence-corrected chi connectivity index (χ2v) is 4.95. The van der Waals surface area contributed by atoms with Crippen molar-refractivity contribution in [2.75, 3.05) is 7.05 Å². The Bertz CT molecular complexity index is 700. The van der Waals surface area contributed by atoms with Gasteiger partial charge in [0.15, 0.2) is 0 Å². The molecule has 1 N–H and O–H groups in total. The first-order valence-electron chi connectivity index (χ1n) is 6.18. The molecule has 4 nitrogen and oxygen atoms in total. The van der Waals surface area contributed by atoms with Gasteiger partial charge in [-0.3, -0.25) is 9.78 Å². The van der Waals surface area contributed by atoms with Crippen molar-refractivity contribution in [1.82, 2.24) is 9.88 Å². The average molecular weight is 272 g/mol. The lowest BCUT2D eigenvalue weighted by Gasteiger charge is -2.30. The van der Waals surface area contributed by atoms with E-state index in [1.807, 2.05) is 6.92 Å². The van der Waals surface area contributed by atoms with E-state index in [0.717, 1.165) is 11.6 Å². The molecule has 0 radical (unpaired) electrons. The number of amides is 1. The molecule has 1 aliphatic heterocycles. The molecule has 1 atom stereocenters. The highest BCUT2D eigenvalue weighted by molar-refractivity contribution is 6.00. The summed E-state index contributed by atoms with van der Waals surface area (Å²) in [5.41, 5.74) is 0.140. The molecule has 20 heavy (non-hydrogen) atoms. The number of aryl methyl sites for hydroxylation is 1. The van der Waals surface area contributed by atoms with Crippen LogP contribution in [0.5, 0.6) is 0 Å². The van der Waals surface area contributed by atoms with E-state index in [1.165, 1.54) is 24.1 Å². The van der Waals surface area contributed by atoms with E-state index >= 15 is 0 Å². The number of fused-ring (bicyclic) bond motifs is 1. The summed E-state index contributed by atoms with van der Waals surface area (Å²) in [6, 6.07) is 7.26. The molecule has 1 aromatic heterocycles. The quantitative estimate of drug-likeness (QED) is 0.861. The topological polar surface area (TPSA) is 53.4 Å². The molecule has 0 fully saturated rings. The van der Waals surface area contributed by atoms with Crippen molar-refractivity contribution in [1.29, 1.82) is 0 Å². The van der Waals surface area contributed by atoms with Crippen molar-refractivity contribution in [3.63, 3.8) is 0 Å². The molecule has 102 valence electrons. The average Bonchev–Trinajstić information content (AvgIpc) is 2.62. The molecule has 2 aromatic rings. The lowest BCUT2D eigenvalue weighted by atomic mass is 9.97. The Labute approximate surface area is 115 Å². The van der Waals surface area contributed by atoms with Crippen LogP contribution in [-0.2, 0) is 5.72 Å². The van der Waals surface area contributed by atoms with Crippen LogP contribution >= 0.6 is 0 Å². The van der Waals surface area contributed by atoms with Gasteiger partial charge in [0.05, 0.1) is 11.3 Å². The number of carbonyl (C=O) groups excluding carboxylic acids is 1.